The lowest BCUT2D eigenvalue weighted by atomic mass is 10.2. The lowest BCUT2D eigenvalue weighted by Crippen LogP contribution is -2.26. The Kier molecular flexibility index (Phi) is 6.11. The monoisotopic (exact) mass is 313 g/mol. The topological polar surface area (TPSA) is 41.5 Å². The van der Waals surface area contributed by atoms with Crippen LogP contribution in [0.25, 0.3) is 0 Å². The molecule has 15 heavy (non-hydrogen) atoms. The first-order chi connectivity index (χ1) is 7.19. The van der Waals surface area contributed by atoms with Gasteiger partial charge in [-0.15, -0.1) is 11.3 Å². The Bertz CT molecular complexity index is 289. The Balaban J connectivity index is 2.57. The van der Waals surface area contributed by atoms with Crippen molar-refractivity contribution in [2.24, 2.45) is 0 Å². The zero-order valence-electron chi connectivity index (χ0n) is 8.30. The molecule has 0 saturated carbocycles. The summed E-state index contributed by atoms with van der Waals surface area (Å²) in [6, 6.07) is 1.85. The molecule has 0 aliphatic heterocycles. The zero-order valence-corrected chi connectivity index (χ0v) is 11.5. The summed E-state index contributed by atoms with van der Waals surface area (Å²) in [5, 5.41) is 12.4. The van der Waals surface area contributed by atoms with Gasteiger partial charge in [-0.25, -0.2) is 0 Å². The van der Waals surface area contributed by atoms with Crippen LogP contribution < -0.4 is 5.32 Å². The molecule has 3 nitrogen and oxygen atoms in total. The van der Waals surface area contributed by atoms with Crippen molar-refractivity contribution in [2.75, 3.05) is 26.9 Å². The average molecular weight is 315 g/mol. The van der Waals surface area contributed by atoms with Gasteiger partial charge in [0, 0.05) is 23.0 Å². The van der Waals surface area contributed by atoms with Crippen molar-refractivity contribution in [1.82, 2.24) is 5.32 Å². The second-order valence-corrected chi connectivity index (χ2v) is 5.49. The molecule has 0 bridgehead atoms. The van der Waals surface area contributed by atoms with Crippen LogP contribution >= 0.6 is 38.9 Å². The highest BCUT2D eigenvalue weighted by atomic mass is 79.9. The molecule has 0 aliphatic rings. The van der Waals surface area contributed by atoms with E-state index in [-0.39, 0.29) is 12.6 Å². The molecule has 0 radical (unpaired) electrons. The van der Waals surface area contributed by atoms with E-state index in [2.05, 4.69) is 21.2 Å². The van der Waals surface area contributed by atoms with Gasteiger partial charge in [0.1, 0.15) is 4.34 Å². The van der Waals surface area contributed by atoms with E-state index in [1.807, 2.05) is 6.07 Å². The highest BCUT2D eigenvalue weighted by Gasteiger charge is 2.14. The van der Waals surface area contributed by atoms with Crippen LogP contribution in [0.5, 0.6) is 0 Å². The van der Waals surface area contributed by atoms with E-state index < -0.39 is 0 Å². The summed E-state index contributed by atoms with van der Waals surface area (Å²) in [7, 11) is 1.65. The summed E-state index contributed by atoms with van der Waals surface area (Å²) in [6.07, 6.45) is 0. The number of thiophene rings is 1. The fourth-order valence-corrected chi connectivity index (χ4v) is 2.93. The molecular weight excluding hydrogens is 302 g/mol. The molecule has 0 spiro atoms. The zero-order chi connectivity index (χ0) is 11.3. The second kappa shape index (κ2) is 6.83. The van der Waals surface area contributed by atoms with Crippen molar-refractivity contribution >= 4 is 38.9 Å². The lowest BCUT2D eigenvalue weighted by Gasteiger charge is -2.13. The molecule has 0 aromatic carbocycles. The fourth-order valence-electron chi connectivity index (χ4n) is 1.13. The first kappa shape index (κ1) is 13.4. The minimum absolute atomic E-state index is 0.0486. The summed E-state index contributed by atoms with van der Waals surface area (Å²) in [4.78, 5) is 1.02. The maximum Gasteiger partial charge on any atom is 0.107 e. The molecule has 1 heterocycles. The number of rotatable bonds is 6. The number of aliphatic hydroxyl groups excluding tert-OH is 1. The van der Waals surface area contributed by atoms with E-state index in [4.69, 9.17) is 16.3 Å². The van der Waals surface area contributed by atoms with E-state index in [0.29, 0.717) is 17.5 Å². The molecule has 86 valence electrons. The molecule has 1 aromatic heterocycles. The standard InChI is InChI=1S/C9H13BrClNO2S/c1-14-3-2-12-7(5-13)8-4-6(10)9(11)15-8/h4,7,12-13H,2-3,5H2,1H3. The van der Waals surface area contributed by atoms with Crippen molar-refractivity contribution in [3.63, 3.8) is 0 Å². The lowest BCUT2D eigenvalue weighted by molar-refractivity contribution is 0.184. The molecule has 6 heteroatoms. The number of nitrogens with one attached hydrogen (secondary N) is 1. The summed E-state index contributed by atoms with van der Waals surface area (Å²) in [6.45, 7) is 1.37. The summed E-state index contributed by atoms with van der Waals surface area (Å²) >= 11 is 10.7. The van der Waals surface area contributed by atoms with Crippen molar-refractivity contribution in [3.8, 4) is 0 Å². The highest BCUT2D eigenvalue weighted by molar-refractivity contribution is 9.10. The summed E-state index contributed by atoms with van der Waals surface area (Å²) in [5.74, 6) is 0. The SMILES string of the molecule is COCCNC(CO)c1cc(Br)c(Cl)s1. The minimum Gasteiger partial charge on any atom is -0.394 e. The predicted molar refractivity (Wildman–Crippen MR) is 66.7 cm³/mol. The van der Waals surface area contributed by atoms with Gasteiger partial charge in [0.25, 0.3) is 0 Å². The Labute approximate surface area is 107 Å². The summed E-state index contributed by atoms with van der Waals surface area (Å²) < 4.78 is 6.50. The highest BCUT2D eigenvalue weighted by Crippen LogP contribution is 2.34. The molecule has 2 N–H and O–H groups in total. The van der Waals surface area contributed by atoms with Crippen LogP contribution in [0.3, 0.4) is 0 Å². The van der Waals surface area contributed by atoms with Gasteiger partial charge >= 0.3 is 0 Å². The van der Waals surface area contributed by atoms with Gasteiger partial charge in [-0.1, -0.05) is 11.6 Å². The van der Waals surface area contributed by atoms with E-state index in [1.54, 1.807) is 7.11 Å². The molecule has 1 unspecified atom stereocenters. The van der Waals surface area contributed by atoms with Crippen molar-refractivity contribution in [1.29, 1.82) is 0 Å². The van der Waals surface area contributed by atoms with Crippen LogP contribution in [0.2, 0.25) is 4.34 Å². The summed E-state index contributed by atoms with van der Waals surface area (Å²) in [5.41, 5.74) is 0. The van der Waals surface area contributed by atoms with Crippen LogP contribution in [0.4, 0.5) is 0 Å². The third-order valence-electron chi connectivity index (χ3n) is 1.89. The number of hydrogen-bond donors (Lipinski definition) is 2. The fraction of sp³-hybridized carbons (Fsp3) is 0.556. The van der Waals surface area contributed by atoms with Crippen molar-refractivity contribution < 1.29 is 9.84 Å². The van der Waals surface area contributed by atoms with Crippen LogP contribution in [0.1, 0.15) is 10.9 Å². The molecule has 0 fully saturated rings. The third kappa shape index (κ3) is 4.01. The van der Waals surface area contributed by atoms with Crippen LogP contribution in [0.15, 0.2) is 10.5 Å². The maximum absolute atomic E-state index is 9.22. The number of halogens is 2. The quantitative estimate of drug-likeness (QED) is 0.793. The van der Waals surface area contributed by atoms with Gasteiger partial charge < -0.3 is 15.2 Å². The molecular formula is C9H13BrClNO2S. The first-order valence-corrected chi connectivity index (χ1v) is 6.45. The normalized spacial score (nSPS) is 13.1. The van der Waals surface area contributed by atoms with Crippen LogP contribution in [-0.4, -0.2) is 32.0 Å². The molecule has 0 aliphatic carbocycles. The van der Waals surface area contributed by atoms with Crippen LogP contribution in [-0.2, 0) is 4.74 Å². The molecule has 1 atom stereocenters. The Morgan fingerprint density at radius 1 is 1.73 bits per heavy atom. The molecule has 1 aromatic rings. The maximum atomic E-state index is 9.22. The molecule has 0 saturated heterocycles. The van der Waals surface area contributed by atoms with Gasteiger partial charge in [0.05, 0.1) is 19.3 Å². The number of hydrogen-bond acceptors (Lipinski definition) is 4. The first-order valence-electron chi connectivity index (χ1n) is 4.47. The number of ether oxygens (including phenoxy) is 1. The van der Waals surface area contributed by atoms with Crippen molar-refractivity contribution in [3.05, 3.63) is 19.8 Å². The van der Waals surface area contributed by atoms with Gasteiger partial charge in [-0.05, 0) is 22.0 Å². The van der Waals surface area contributed by atoms with E-state index in [9.17, 15) is 5.11 Å². The van der Waals surface area contributed by atoms with Gasteiger partial charge in [0.2, 0.25) is 0 Å². The van der Waals surface area contributed by atoms with Crippen molar-refractivity contribution in [2.45, 2.75) is 6.04 Å². The Hall–Kier alpha value is 0.350. The largest absolute Gasteiger partial charge is 0.394 e. The molecule has 1 rings (SSSR count). The van der Waals surface area contributed by atoms with E-state index >= 15 is 0 Å². The van der Waals surface area contributed by atoms with E-state index in [0.717, 1.165) is 9.35 Å². The average Bonchev–Trinajstić information content (AvgIpc) is 2.54. The van der Waals surface area contributed by atoms with Gasteiger partial charge in [-0.3, -0.25) is 0 Å². The van der Waals surface area contributed by atoms with Gasteiger partial charge in [0.15, 0.2) is 0 Å². The Morgan fingerprint density at radius 2 is 2.47 bits per heavy atom. The van der Waals surface area contributed by atoms with Gasteiger partial charge in [-0.2, -0.15) is 0 Å². The second-order valence-electron chi connectivity index (χ2n) is 2.95. The minimum atomic E-state index is -0.0750. The van der Waals surface area contributed by atoms with Crippen LogP contribution in [0, 0.1) is 0 Å². The number of methoxy groups -OCH3 is 1. The number of aliphatic hydroxyl groups is 1. The molecule has 0 amide bonds. The predicted octanol–water partition coefficient (Wildman–Crippen LogP) is 2.43. The Morgan fingerprint density at radius 3 is 2.93 bits per heavy atom. The van der Waals surface area contributed by atoms with E-state index in [1.165, 1.54) is 11.3 Å². The third-order valence-corrected chi connectivity index (χ3v) is 4.48. The smallest absolute Gasteiger partial charge is 0.107 e.